The van der Waals surface area contributed by atoms with Crippen molar-refractivity contribution in [3.63, 3.8) is 0 Å². The van der Waals surface area contributed by atoms with E-state index in [1.165, 1.54) is 31.3 Å². The monoisotopic (exact) mass is 180 g/mol. The Balaban J connectivity index is 2.20. The Morgan fingerprint density at radius 1 is 1.38 bits per heavy atom. The number of hydrogen-bond acceptors (Lipinski definition) is 1. The molecule has 2 aliphatic rings. The molecule has 2 aliphatic carbocycles. The molecule has 0 bridgehead atoms. The lowest BCUT2D eigenvalue weighted by Crippen LogP contribution is -2.44. The summed E-state index contributed by atoms with van der Waals surface area (Å²) in [5.74, 6) is 0.752. The van der Waals surface area contributed by atoms with Crippen molar-refractivity contribution < 1.29 is 5.11 Å². The van der Waals surface area contributed by atoms with Gasteiger partial charge in [0.15, 0.2) is 0 Å². The van der Waals surface area contributed by atoms with Crippen LogP contribution in [0.3, 0.4) is 0 Å². The van der Waals surface area contributed by atoms with Crippen LogP contribution in [-0.2, 0) is 0 Å². The zero-order valence-corrected chi connectivity index (χ0v) is 8.55. The quantitative estimate of drug-likeness (QED) is 0.568. The molecule has 0 spiro atoms. The number of fused-ring (bicyclic) bond motifs is 1. The molecule has 0 aromatic heterocycles. The number of rotatable bonds is 0. The molecule has 0 aromatic rings. The lowest BCUT2D eigenvalue weighted by molar-refractivity contribution is -0.0535. The second kappa shape index (κ2) is 3.13. The molecular weight excluding hydrogens is 160 g/mol. The summed E-state index contributed by atoms with van der Waals surface area (Å²) in [6.07, 6.45) is 6.95. The predicted octanol–water partition coefficient (Wildman–Crippen LogP) is 2.89. The summed E-state index contributed by atoms with van der Waals surface area (Å²) in [6.45, 7) is 6.33. The van der Waals surface area contributed by atoms with Crippen LogP contribution in [0.2, 0.25) is 0 Å². The molecule has 0 unspecified atom stereocenters. The molecule has 0 radical (unpaired) electrons. The van der Waals surface area contributed by atoms with Crippen molar-refractivity contribution in [1.82, 2.24) is 0 Å². The molecule has 0 amide bonds. The van der Waals surface area contributed by atoms with Gasteiger partial charge in [0.2, 0.25) is 0 Å². The summed E-state index contributed by atoms with van der Waals surface area (Å²) in [7, 11) is 0. The summed E-state index contributed by atoms with van der Waals surface area (Å²) in [5.41, 5.74) is 1.51. The normalized spacial score (nSPS) is 45.8. The van der Waals surface area contributed by atoms with E-state index in [0.29, 0.717) is 0 Å². The lowest BCUT2D eigenvalue weighted by Gasteiger charge is -2.49. The van der Waals surface area contributed by atoms with Crippen LogP contribution >= 0.6 is 0 Å². The Morgan fingerprint density at radius 2 is 2.15 bits per heavy atom. The van der Waals surface area contributed by atoms with Gasteiger partial charge < -0.3 is 5.11 Å². The van der Waals surface area contributed by atoms with Crippen molar-refractivity contribution in [2.24, 2.45) is 11.3 Å². The highest BCUT2D eigenvalue weighted by molar-refractivity contribution is 5.09. The first-order chi connectivity index (χ1) is 6.13. The fourth-order valence-electron chi connectivity index (χ4n) is 3.23. The molecular formula is C12H20O. The zero-order chi connectivity index (χ0) is 9.47. The Bertz CT molecular complexity index is 221. The lowest BCUT2D eigenvalue weighted by atomic mass is 9.58. The molecule has 0 aliphatic heterocycles. The van der Waals surface area contributed by atoms with Crippen LogP contribution in [-0.4, -0.2) is 11.2 Å². The van der Waals surface area contributed by atoms with Gasteiger partial charge >= 0.3 is 0 Å². The number of aliphatic hydroxyl groups excluding tert-OH is 1. The highest BCUT2D eigenvalue weighted by Crippen LogP contribution is 2.51. The van der Waals surface area contributed by atoms with Crippen LogP contribution in [0.1, 0.15) is 45.4 Å². The highest BCUT2D eigenvalue weighted by Gasteiger charge is 2.45. The first-order valence-corrected chi connectivity index (χ1v) is 5.47. The van der Waals surface area contributed by atoms with E-state index in [0.717, 1.165) is 18.8 Å². The van der Waals surface area contributed by atoms with E-state index in [1.807, 2.05) is 0 Å². The van der Waals surface area contributed by atoms with Crippen LogP contribution in [0, 0.1) is 11.3 Å². The maximum Gasteiger partial charge on any atom is 0.0599 e. The molecule has 13 heavy (non-hydrogen) atoms. The van der Waals surface area contributed by atoms with Gasteiger partial charge in [-0.2, -0.15) is 0 Å². The van der Waals surface area contributed by atoms with Gasteiger partial charge in [-0.25, -0.2) is 0 Å². The van der Waals surface area contributed by atoms with Crippen molar-refractivity contribution in [3.8, 4) is 0 Å². The molecule has 2 fully saturated rings. The van der Waals surface area contributed by atoms with Crippen LogP contribution in [0.15, 0.2) is 12.2 Å². The standard InChI is InChI=1S/C12H20O/c1-9-6-7-10-4-3-5-11(13)12(10,2)8-9/h10-11,13H,1,3-8H2,2H3/t10-,11-,12-/m1/s1. The number of allylic oxidation sites excluding steroid dienone is 1. The number of hydrogen-bond donors (Lipinski definition) is 1. The van der Waals surface area contributed by atoms with Gasteiger partial charge in [-0.05, 0) is 43.4 Å². The van der Waals surface area contributed by atoms with Gasteiger partial charge in [-0.1, -0.05) is 25.5 Å². The maximum atomic E-state index is 10.0. The minimum atomic E-state index is -0.0803. The summed E-state index contributed by atoms with van der Waals surface area (Å²) in [5, 5.41) is 10.0. The van der Waals surface area contributed by atoms with Gasteiger partial charge in [0.1, 0.15) is 0 Å². The smallest absolute Gasteiger partial charge is 0.0599 e. The average molecular weight is 180 g/mol. The minimum absolute atomic E-state index is 0.0803. The Morgan fingerprint density at radius 3 is 2.92 bits per heavy atom. The molecule has 1 heteroatoms. The van der Waals surface area contributed by atoms with Crippen molar-refractivity contribution >= 4 is 0 Å². The largest absolute Gasteiger partial charge is 0.393 e. The van der Waals surface area contributed by atoms with E-state index < -0.39 is 0 Å². The maximum absolute atomic E-state index is 10.0. The summed E-state index contributed by atoms with van der Waals surface area (Å²) < 4.78 is 0. The van der Waals surface area contributed by atoms with E-state index >= 15 is 0 Å². The average Bonchev–Trinajstić information content (AvgIpc) is 2.07. The number of aliphatic hydroxyl groups is 1. The van der Waals surface area contributed by atoms with Crippen molar-refractivity contribution in [1.29, 1.82) is 0 Å². The van der Waals surface area contributed by atoms with Crippen LogP contribution in [0.4, 0.5) is 0 Å². The predicted molar refractivity (Wildman–Crippen MR) is 54.4 cm³/mol. The van der Waals surface area contributed by atoms with Crippen molar-refractivity contribution in [2.75, 3.05) is 0 Å². The third-order valence-corrected chi connectivity index (χ3v) is 4.20. The summed E-state index contributed by atoms with van der Waals surface area (Å²) in [4.78, 5) is 0. The third-order valence-electron chi connectivity index (χ3n) is 4.20. The van der Waals surface area contributed by atoms with Crippen molar-refractivity contribution in [2.45, 2.75) is 51.6 Å². The fourth-order valence-corrected chi connectivity index (χ4v) is 3.23. The minimum Gasteiger partial charge on any atom is -0.393 e. The van der Waals surface area contributed by atoms with Gasteiger partial charge in [0, 0.05) is 0 Å². The molecule has 2 rings (SSSR count). The molecule has 0 saturated heterocycles. The van der Waals surface area contributed by atoms with E-state index in [2.05, 4.69) is 13.5 Å². The van der Waals surface area contributed by atoms with E-state index in [1.54, 1.807) is 0 Å². The highest BCUT2D eigenvalue weighted by atomic mass is 16.3. The van der Waals surface area contributed by atoms with E-state index in [-0.39, 0.29) is 11.5 Å². The molecule has 2 saturated carbocycles. The second-order valence-corrected chi connectivity index (χ2v) is 5.11. The van der Waals surface area contributed by atoms with E-state index in [4.69, 9.17) is 0 Å². The summed E-state index contributed by atoms with van der Waals surface area (Å²) in [6, 6.07) is 0. The molecule has 1 N–H and O–H groups in total. The second-order valence-electron chi connectivity index (χ2n) is 5.11. The van der Waals surface area contributed by atoms with Crippen LogP contribution < -0.4 is 0 Å². The topological polar surface area (TPSA) is 20.2 Å². The zero-order valence-electron chi connectivity index (χ0n) is 8.55. The van der Waals surface area contributed by atoms with E-state index in [9.17, 15) is 5.11 Å². The Labute approximate surface area is 80.8 Å². The molecule has 0 aromatic carbocycles. The molecule has 74 valence electrons. The molecule has 3 atom stereocenters. The Hall–Kier alpha value is -0.300. The molecule has 1 nitrogen and oxygen atoms in total. The summed E-state index contributed by atoms with van der Waals surface area (Å²) >= 11 is 0. The first kappa shape index (κ1) is 9.26. The first-order valence-electron chi connectivity index (χ1n) is 5.47. The van der Waals surface area contributed by atoms with Gasteiger partial charge in [-0.15, -0.1) is 0 Å². The fraction of sp³-hybridized carbons (Fsp3) is 0.833. The van der Waals surface area contributed by atoms with Crippen LogP contribution in [0.5, 0.6) is 0 Å². The van der Waals surface area contributed by atoms with Crippen molar-refractivity contribution in [3.05, 3.63) is 12.2 Å². The molecule has 0 heterocycles. The SMILES string of the molecule is C=C1CC[C@H]2CCC[C@@H](O)[C@]2(C)C1. The van der Waals surface area contributed by atoms with Gasteiger partial charge in [0.05, 0.1) is 6.10 Å². The third kappa shape index (κ3) is 1.43. The van der Waals surface area contributed by atoms with Crippen LogP contribution in [0.25, 0.3) is 0 Å². The van der Waals surface area contributed by atoms with Gasteiger partial charge in [-0.3, -0.25) is 0 Å². The Kier molecular flexibility index (Phi) is 2.23. The van der Waals surface area contributed by atoms with Gasteiger partial charge in [0.25, 0.3) is 0 Å².